The number of nitrogens with zero attached hydrogens (tertiary/aromatic N) is 1. The zero-order valence-electron chi connectivity index (χ0n) is 18.7. The molecule has 0 spiro atoms. The monoisotopic (exact) mass is 542 g/mol. The van der Waals surface area contributed by atoms with Crippen molar-refractivity contribution in [2.75, 3.05) is 6.61 Å². The second-order valence-electron chi connectivity index (χ2n) is 7.51. The largest absolute Gasteiger partial charge is 0.461 e. The van der Waals surface area contributed by atoms with Crippen LogP contribution in [0, 0.1) is 0 Å². The highest BCUT2D eigenvalue weighted by molar-refractivity contribution is 6.41. The predicted molar refractivity (Wildman–Crippen MR) is 139 cm³/mol. The van der Waals surface area contributed by atoms with Crippen molar-refractivity contribution in [1.29, 1.82) is 0 Å². The predicted octanol–water partition coefficient (Wildman–Crippen LogP) is 5.88. The zero-order chi connectivity index (χ0) is 26.0. The van der Waals surface area contributed by atoms with Crippen LogP contribution in [0.4, 0.5) is 0 Å². The maximum atomic E-state index is 13.2. The summed E-state index contributed by atoms with van der Waals surface area (Å²) >= 11 is 18.5. The number of halogens is 3. The number of aromatic nitrogens is 2. The third kappa shape index (κ3) is 4.73. The van der Waals surface area contributed by atoms with Crippen LogP contribution in [-0.2, 0) is 4.74 Å². The Hall–Kier alpha value is -3.65. The number of aromatic amines is 1. The molecule has 0 atom stereocenters. The third-order valence-corrected chi connectivity index (χ3v) is 6.06. The van der Waals surface area contributed by atoms with E-state index in [0.29, 0.717) is 11.1 Å². The summed E-state index contributed by atoms with van der Waals surface area (Å²) in [5, 5.41) is 3.17. The second-order valence-corrected chi connectivity index (χ2v) is 8.76. The van der Waals surface area contributed by atoms with Gasteiger partial charge < -0.3 is 4.74 Å². The molecule has 0 saturated heterocycles. The average molecular weight is 544 g/mol. The first-order valence-corrected chi connectivity index (χ1v) is 11.8. The molecule has 0 bridgehead atoms. The highest BCUT2D eigenvalue weighted by Gasteiger charge is 2.31. The van der Waals surface area contributed by atoms with Crippen LogP contribution in [0.3, 0.4) is 0 Å². The van der Waals surface area contributed by atoms with Crippen LogP contribution in [0.5, 0.6) is 0 Å². The number of carbonyl (C=O) groups is 3. The number of esters is 1. The molecule has 7 nitrogen and oxygen atoms in total. The molecule has 1 aliphatic carbocycles. The van der Waals surface area contributed by atoms with Gasteiger partial charge in [-0.05, 0) is 31.2 Å². The first-order chi connectivity index (χ1) is 17.2. The quantitative estimate of drug-likeness (QED) is 0.181. The number of ether oxygens (including phenoxy) is 1. The Kier molecular flexibility index (Phi) is 7.45. The fourth-order valence-electron chi connectivity index (χ4n) is 3.66. The van der Waals surface area contributed by atoms with Crippen molar-refractivity contribution >= 4 is 58.4 Å². The number of Topliss-reactive ketones (excluding diaryl/α,β-unsaturated/α-hetero) is 2. The minimum absolute atomic E-state index is 0.00624. The van der Waals surface area contributed by atoms with Crippen LogP contribution in [-0.4, -0.2) is 33.9 Å². The summed E-state index contributed by atoms with van der Waals surface area (Å²) < 4.78 is 6.09. The molecule has 36 heavy (non-hydrogen) atoms. The lowest BCUT2D eigenvalue weighted by Gasteiger charge is -2.08. The number of carbonyl (C=O) groups excluding carboxylic acids is 3. The molecule has 0 amide bonds. The van der Waals surface area contributed by atoms with E-state index < -0.39 is 11.5 Å². The van der Waals surface area contributed by atoms with Crippen molar-refractivity contribution in [3.05, 3.63) is 114 Å². The van der Waals surface area contributed by atoms with Gasteiger partial charge in [0.15, 0.2) is 17.3 Å². The van der Waals surface area contributed by atoms with Crippen molar-refractivity contribution in [2.45, 2.75) is 6.92 Å². The SMILES string of the molecule is CCOC(=O)c1[nH]n(-c2c(Cl)cc(Cl)cc2Cl)c(=O)c1/C=C/C=C/C=C1C(=O)c2ccccc2C1=O. The number of rotatable bonds is 6. The van der Waals surface area contributed by atoms with Crippen molar-refractivity contribution in [3.63, 3.8) is 0 Å². The van der Waals surface area contributed by atoms with E-state index in [1.54, 1.807) is 31.2 Å². The smallest absolute Gasteiger partial charge is 0.357 e. The second kappa shape index (κ2) is 10.5. The molecular weight excluding hydrogens is 527 g/mol. The number of H-pyrrole nitrogens is 1. The Balaban J connectivity index is 1.67. The van der Waals surface area contributed by atoms with Crippen LogP contribution in [0.1, 0.15) is 43.7 Å². The maximum Gasteiger partial charge on any atom is 0.357 e. The lowest BCUT2D eigenvalue weighted by Crippen LogP contribution is -2.16. The summed E-state index contributed by atoms with van der Waals surface area (Å²) in [4.78, 5) is 50.6. The molecule has 0 radical (unpaired) electrons. The Morgan fingerprint density at radius 2 is 1.58 bits per heavy atom. The number of benzene rings is 2. The van der Waals surface area contributed by atoms with Gasteiger partial charge in [0, 0.05) is 16.1 Å². The van der Waals surface area contributed by atoms with E-state index in [1.165, 1.54) is 42.5 Å². The molecular formula is C26H17Cl3N2O5. The topological polar surface area (TPSA) is 98.2 Å². The van der Waals surface area contributed by atoms with Crippen LogP contribution < -0.4 is 5.56 Å². The van der Waals surface area contributed by atoms with Crippen LogP contribution in [0.2, 0.25) is 15.1 Å². The first-order valence-electron chi connectivity index (χ1n) is 10.6. The van der Waals surface area contributed by atoms with Gasteiger partial charge in [-0.15, -0.1) is 0 Å². The minimum atomic E-state index is -0.750. The van der Waals surface area contributed by atoms with Crippen LogP contribution in [0.25, 0.3) is 11.8 Å². The molecule has 1 aromatic heterocycles. The Morgan fingerprint density at radius 3 is 2.17 bits per heavy atom. The molecule has 182 valence electrons. The maximum absolute atomic E-state index is 13.2. The molecule has 0 fully saturated rings. The summed E-state index contributed by atoms with van der Waals surface area (Å²) in [7, 11) is 0. The summed E-state index contributed by atoms with van der Waals surface area (Å²) in [6.07, 6.45) is 7.29. The van der Waals surface area contributed by atoms with E-state index in [9.17, 15) is 19.2 Å². The minimum Gasteiger partial charge on any atom is -0.461 e. The third-order valence-electron chi connectivity index (χ3n) is 5.26. The molecule has 3 aromatic rings. The highest BCUT2D eigenvalue weighted by Crippen LogP contribution is 2.31. The summed E-state index contributed by atoms with van der Waals surface area (Å²) in [5.41, 5.74) is 0.175. The molecule has 0 unspecified atom stereocenters. The van der Waals surface area contributed by atoms with Gasteiger partial charge in [-0.2, -0.15) is 0 Å². The van der Waals surface area contributed by atoms with Gasteiger partial charge >= 0.3 is 5.97 Å². The van der Waals surface area contributed by atoms with Gasteiger partial charge in [0.2, 0.25) is 0 Å². The van der Waals surface area contributed by atoms with E-state index in [4.69, 9.17) is 39.5 Å². The van der Waals surface area contributed by atoms with Crippen LogP contribution in [0.15, 0.2) is 71.1 Å². The first kappa shape index (κ1) is 25.4. The zero-order valence-corrected chi connectivity index (χ0v) is 20.9. The van der Waals surface area contributed by atoms with Gasteiger partial charge in [-0.3, -0.25) is 19.5 Å². The van der Waals surface area contributed by atoms with Gasteiger partial charge in [0.05, 0.1) is 27.8 Å². The van der Waals surface area contributed by atoms with E-state index in [1.807, 2.05) is 0 Å². The Bertz CT molecular complexity index is 1500. The molecule has 10 heteroatoms. The van der Waals surface area contributed by atoms with E-state index in [-0.39, 0.29) is 55.8 Å². The number of nitrogens with one attached hydrogen (secondary N) is 1. The van der Waals surface area contributed by atoms with Gasteiger partial charge in [0.1, 0.15) is 5.69 Å². The van der Waals surface area contributed by atoms with Crippen molar-refractivity contribution in [1.82, 2.24) is 9.78 Å². The lowest BCUT2D eigenvalue weighted by atomic mass is 10.1. The highest BCUT2D eigenvalue weighted by atomic mass is 35.5. The molecule has 2 aromatic carbocycles. The molecule has 0 saturated carbocycles. The Labute approximate surface area is 220 Å². The number of ketones is 2. The van der Waals surface area contributed by atoms with Crippen molar-refractivity contribution in [2.24, 2.45) is 0 Å². The molecule has 1 aliphatic rings. The molecule has 1 heterocycles. The Morgan fingerprint density at radius 1 is 0.972 bits per heavy atom. The standard InChI is InChI=1S/C26H17Cl3N2O5/c1-2-36-26(35)21-17(25(34)31(30-21)22-19(28)12-14(27)13-20(22)29)10-4-3-5-11-18-23(32)15-8-6-7-9-16(15)24(18)33/h3-13,30H,2H2,1H3/b5-3+,10-4+. The number of allylic oxidation sites excluding steroid dienone is 5. The van der Waals surface area contributed by atoms with Crippen LogP contribution >= 0.6 is 34.8 Å². The molecule has 1 N–H and O–H groups in total. The van der Waals surface area contributed by atoms with Gasteiger partial charge in [0.25, 0.3) is 5.56 Å². The summed E-state index contributed by atoms with van der Waals surface area (Å²) in [6, 6.07) is 9.43. The number of fused-ring (bicyclic) bond motifs is 1. The fourth-order valence-corrected chi connectivity index (χ4v) is 4.65. The van der Waals surface area contributed by atoms with E-state index >= 15 is 0 Å². The molecule has 0 aliphatic heterocycles. The number of hydrogen-bond donors (Lipinski definition) is 1. The fraction of sp³-hybridized carbons (Fsp3) is 0.0769. The lowest BCUT2D eigenvalue weighted by molar-refractivity contribution is 0.0518. The van der Waals surface area contributed by atoms with Gasteiger partial charge in [-0.25, -0.2) is 9.48 Å². The molecule has 4 rings (SSSR count). The summed E-state index contributed by atoms with van der Waals surface area (Å²) in [6.45, 7) is 1.73. The van der Waals surface area contributed by atoms with E-state index in [2.05, 4.69) is 5.10 Å². The van der Waals surface area contributed by atoms with Crippen molar-refractivity contribution < 1.29 is 19.1 Å². The van der Waals surface area contributed by atoms with Gasteiger partial charge in [-0.1, -0.05) is 77.3 Å². The number of hydrogen-bond acceptors (Lipinski definition) is 5. The normalized spacial score (nSPS) is 13.2. The van der Waals surface area contributed by atoms with Crippen molar-refractivity contribution in [3.8, 4) is 5.69 Å². The summed E-state index contributed by atoms with van der Waals surface area (Å²) in [5.74, 6) is -1.45. The average Bonchev–Trinajstić information content (AvgIpc) is 3.28. The van der Waals surface area contributed by atoms with E-state index in [0.717, 1.165) is 4.68 Å².